The second-order valence-corrected chi connectivity index (χ2v) is 12.6. The Labute approximate surface area is 124 Å². The molecule has 0 saturated heterocycles. The molecule has 0 radical (unpaired) electrons. The van der Waals surface area contributed by atoms with Gasteiger partial charge in [-0.05, 0) is 69.7 Å². The molecule has 2 saturated carbocycles. The van der Waals surface area contributed by atoms with Crippen LogP contribution in [0.2, 0.25) is 19.6 Å². The summed E-state index contributed by atoms with van der Waals surface area (Å²) in [5.74, 6) is 2.58. The van der Waals surface area contributed by atoms with Gasteiger partial charge in [0.2, 0.25) is 8.32 Å². The fourth-order valence-electron chi connectivity index (χ4n) is 4.84. The molecule has 0 aliphatic heterocycles. The van der Waals surface area contributed by atoms with Gasteiger partial charge in [-0.3, -0.25) is 0 Å². The van der Waals surface area contributed by atoms with Gasteiger partial charge in [0.25, 0.3) is 0 Å². The summed E-state index contributed by atoms with van der Waals surface area (Å²) in [6, 6.07) is 0. The van der Waals surface area contributed by atoms with Crippen LogP contribution in [0.4, 0.5) is 0 Å². The number of hydrogen-bond donors (Lipinski definition) is 1. The first kappa shape index (κ1) is 14.6. The lowest BCUT2D eigenvalue weighted by Gasteiger charge is -2.53. The van der Waals surface area contributed by atoms with E-state index in [9.17, 15) is 5.11 Å². The molecule has 3 rings (SSSR count). The lowest BCUT2D eigenvalue weighted by atomic mass is 9.57. The van der Waals surface area contributed by atoms with Gasteiger partial charge in [-0.25, -0.2) is 0 Å². The SMILES string of the molecule is C[Si](C)(C)OC1=CC[C@@H]2CCCC[C@@H]3CCC[C@@]2(O)[C@H]13. The molecule has 0 heterocycles. The number of allylic oxidation sites excluding steroid dienone is 1. The van der Waals surface area contributed by atoms with Gasteiger partial charge in [-0.15, -0.1) is 0 Å². The minimum atomic E-state index is -1.59. The number of aliphatic hydroxyl groups is 1. The molecule has 4 atom stereocenters. The van der Waals surface area contributed by atoms with Crippen molar-refractivity contribution in [2.45, 2.75) is 76.6 Å². The summed E-state index contributed by atoms with van der Waals surface area (Å²) in [5.41, 5.74) is -0.465. The third kappa shape index (κ3) is 2.59. The molecule has 1 N–H and O–H groups in total. The van der Waals surface area contributed by atoms with Crippen LogP contribution >= 0.6 is 0 Å². The Balaban J connectivity index is 1.95. The van der Waals surface area contributed by atoms with Crippen molar-refractivity contribution in [1.29, 1.82) is 0 Å². The van der Waals surface area contributed by atoms with Crippen molar-refractivity contribution in [2.24, 2.45) is 17.8 Å². The second kappa shape index (κ2) is 5.17. The first-order valence-corrected chi connectivity index (χ1v) is 11.9. The molecule has 4 bridgehead atoms. The Morgan fingerprint density at radius 1 is 1.15 bits per heavy atom. The van der Waals surface area contributed by atoms with E-state index in [1.165, 1.54) is 38.5 Å². The third-order valence-electron chi connectivity index (χ3n) is 5.58. The molecule has 0 aromatic rings. The average molecular weight is 295 g/mol. The largest absolute Gasteiger partial charge is 0.547 e. The Kier molecular flexibility index (Phi) is 3.78. The van der Waals surface area contributed by atoms with Gasteiger partial charge in [-0.1, -0.05) is 19.3 Å². The first-order valence-electron chi connectivity index (χ1n) is 8.51. The van der Waals surface area contributed by atoms with Gasteiger partial charge < -0.3 is 9.53 Å². The molecule has 2 fully saturated rings. The van der Waals surface area contributed by atoms with Crippen LogP contribution in [-0.4, -0.2) is 19.0 Å². The van der Waals surface area contributed by atoms with Gasteiger partial charge >= 0.3 is 0 Å². The maximum absolute atomic E-state index is 11.4. The van der Waals surface area contributed by atoms with E-state index in [1.54, 1.807) is 0 Å². The second-order valence-electron chi connectivity index (χ2n) is 8.16. The first-order chi connectivity index (χ1) is 9.40. The number of rotatable bonds is 2. The Morgan fingerprint density at radius 3 is 2.60 bits per heavy atom. The maximum Gasteiger partial charge on any atom is 0.241 e. The van der Waals surface area contributed by atoms with E-state index in [2.05, 4.69) is 25.7 Å². The van der Waals surface area contributed by atoms with Crippen molar-refractivity contribution in [3.63, 3.8) is 0 Å². The van der Waals surface area contributed by atoms with Crippen LogP contribution in [0.15, 0.2) is 11.8 Å². The monoisotopic (exact) mass is 294 g/mol. The van der Waals surface area contributed by atoms with Crippen molar-refractivity contribution in [1.82, 2.24) is 0 Å². The average Bonchev–Trinajstić information content (AvgIpc) is 2.34. The van der Waals surface area contributed by atoms with Crippen molar-refractivity contribution >= 4 is 8.32 Å². The minimum absolute atomic E-state index is 0.294. The summed E-state index contributed by atoms with van der Waals surface area (Å²) in [6.07, 6.45) is 12.0. The van der Waals surface area contributed by atoms with E-state index in [1.807, 2.05) is 0 Å². The van der Waals surface area contributed by atoms with Gasteiger partial charge in [-0.2, -0.15) is 0 Å². The topological polar surface area (TPSA) is 29.5 Å². The predicted molar refractivity (Wildman–Crippen MR) is 84.9 cm³/mol. The normalized spacial score (nSPS) is 41.4. The van der Waals surface area contributed by atoms with Crippen molar-refractivity contribution in [2.75, 3.05) is 0 Å². The fraction of sp³-hybridized carbons (Fsp3) is 0.882. The molecule has 114 valence electrons. The lowest BCUT2D eigenvalue weighted by Crippen LogP contribution is -2.55. The van der Waals surface area contributed by atoms with Gasteiger partial charge in [0.15, 0.2) is 0 Å². The molecule has 3 heteroatoms. The van der Waals surface area contributed by atoms with E-state index in [0.717, 1.165) is 18.6 Å². The van der Waals surface area contributed by atoms with Gasteiger partial charge in [0.1, 0.15) is 0 Å². The van der Waals surface area contributed by atoms with Crippen LogP contribution in [0.5, 0.6) is 0 Å². The molecule has 20 heavy (non-hydrogen) atoms. The summed E-state index contributed by atoms with van der Waals surface area (Å²) in [7, 11) is -1.59. The van der Waals surface area contributed by atoms with Crippen molar-refractivity contribution in [3.05, 3.63) is 11.8 Å². The quantitative estimate of drug-likeness (QED) is 0.762. The molecule has 0 spiro atoms. The summed E-state index contributed by atoms with van der Waals surface area (Å²) in [4.78, 5) is 0. The van der Waals surface area contributed by atoms with Crippen molar-refractivity contribution < 1.29 is 9.53 Å². The van der Waals surface area contributed by atoms with E-state index >= 15 is 0 Å². The highest BCUT2D eigenvalue weighted by molar-refractivity contribution is 6.70. The molecule has 0 amide bonds. The predicted octanol–water partition coefficient (Wildman–Crippen LogP) is 4.46. The number of hydrogen-bond acceptors (Lipinski definition) is 2. The Morgan fingerprint density at radius 2 is 1.85 bits per heavy atom. The smallest absolute Gasteiger partial charge is 0.241 e. The molecule has 0 unspecified atom stereocenters. The van der Waals surface area contributed by atoms with Crippen molar-refractivity contribution in [3.8, 4) is 0 Å². The highest BCUT2D eigenvalue weighted by Gasteiger charge is 2.53. The molecular formula is C17H30O2Si. The zero-order valence-electron chi connectivity index (χ0n) is 13.3. The van der Waals surface area contributed by atoms with Gasteiger partial charge in [0.05, 0.1) is 11.4 Å². The molecule has 0 aromatic carbocycles. The molecule has 3 aliphatic rings. The maximum atomic E-state index is 11.4. The minimum Gasteiger partial charge on any atom is -0.547 e. The molecule has 2 nitrogen and oxygen atoms in total. The highest BCUT2D eigenvalue weighted by atomic mass is 28.4. The van der Waals surface area contributed by atoms with Crippen LogP contribution in [0.1, 0.15) is 51.4 Å². The van der Waals surface area contributed by atoms with Crippen LogP contribution < -0.4 is 0 Å². The Bertz CT molecular complexity index is 398. The van der Waals surface area contributed by atoms with Crippen LogP contribution in [0, 0.1) is 17.8 Å². The fourth-order valence-corrected chi connectivity index (χ4v) is 5.76. The molecular weight excluding hydrogens is 264 g/mol. The van der Waals surface area contributed by atoms with Crippen LogP contribution in [0.25, 0.3) is 0 Å². The lowest BCUT2D eigenvalue weighted by molar-refractivity contribution is -0.128. The van der Waals surface area contributed by atoms with E-state index in [4.69, 9.17) is 4.43 Å². The molecule has 3 aliphatic carbocycles. The summed E-state index contributed by atoms with van der Waals surface area (Å²) >= 11 is 0. The van der Waals surface area contributed by atoms with E-state index in [-0.39, 0.29) is 0 Å². The molecule has 0 aromatic heterocycles. The summed E-state index contributed by atoms with van der Waals surface area (Å²) in [5, 5.41) is 11.4. The summed E-state index contributed by atoms with van der Waals surface area (Å²) < 4.78 is 6.40. The Hall–Kier alpha value is -0.283. The van der Waals surface area contributed by atoms with E-state index < -0.39 is 13.9 Å². The summed E-state index contributed by atoms with van der Waals surface area (Å²) in [6.45, 7) is 6.76. The highest BCUT2D eigenvalue weighted by Crippen LogP contribution is 2.54. The van der Waals surface area contributed by atoms with Gasteiger partial charge in [0, 0.05) is 5.92 Å². The van der Waals surface area contributed by atoms with E-state index in [0.29, 0.717) is 17.8 Å². The standard InChI is InChI=1S/C17H30O2Si/c1-20(2,3)19-15-11-10-14-9-5-4-7-13-8-6-12-17(14,18)16(13)15/h11,13-14,16,18H,4-10,12H2,1-3H3/t13-,14+,16+,17+/m1/s1. The zero-order valence-corrected chi connectivity index (χ0v) is 14.3. The third-order valence-corrected chi connectivity index (χ3v) is 6.43. The zero-order chi connectivity index (χ0) is 14.4. The van der Waals surface area contributed by atoms with Crippen LogP contribution in [0.3, 0.4) is 0 Å². The van der Waals surface area contributed by atoms with Crippen LogP contribution in [-0.2, 0) is 4.43 Å².